The lowest BCUT2D eigenvalue weighted by Gasteiger charge is -2.26. The highest BCUT2D eigenvalue weighted by molar-refractivity contribution is 7.80. The maximum absolute atomic E-state index is 5.79. The van der Waals surface area contributed by atoms with Crippen LogP contribution in [0.25, 0.3) is 0 Å². The first-order valence-corrected chi connectivity index (χ1v) is 11.2. The molecule has 3 aromatic carbocycles. The second-order valence-electron chi connectivity index (χ2n) is 7.17. The number of rotatable bonds is 10. The summed E-state index contributed by atoms with van der Waals surface area (Å²) in [5.74, 6) is 2.54. The second kappa shape index (κ2) is 12.0. The second-order valence-corrected chi connectivity index (χ2v) is 7.56. The zero-order chi connectivity index (χ0) is 22.8. The van der Waals surface area contributed by atoms with E-state index in [1.165, 1.54) is 0 Å². The van der Waals surface area contributed by atoms with Crippen molar-refractivity contribution < 1.29 is 14.2 Å². The molecule has 0 aromatic heterocycles. The van der Waals surface area contributed by atoms with Crippen molar-refractivity contribution >= 4 is 23.0 Å². The molecule has 0 aliphatic carbocycles. The van der Waals surface area contributed by atoms with Crippen LogP contribution in [0, 0.1) is 0 Å². The van der Waals surface area contributed by atoms with Crippen LogP contribution in [0.15, 0.2) is 72.8 Å². The number of anilines is 1. The fourth-order valence-corrected chi connectivity index (χ4v) is 3.48. The maximum atomic E-state index is 5.79. The zero-order valence-corrected chi connectivity index (χ0v) is 19.7. The van der Waals surface area contributed by atoms with Gasteiger partial charge in [-0.2, -0.15) is 0 Å². The standard InChI is InChI=1S/C26H30N2O3S/c1-4-30-24-14-8-21(9-15-24)19-28(18-20-6-12-23(29-3)13-7-20)26(32)27-22-10-16-25(17-11-22)31-5-2/h6-17H,4-5,18-19H2,1-3H3,(H,27,32). The predicted molar refractivity (Wildman–Crippen MR) is 134 cm³/mol. The summed E-state index contributed by atoms with van der Waals surface area (Å²) in [6.45, 7) is 6.58. The third kappa shape index (κ3) is 6.89. The lowest BCUT2D eigenvalue weighted by molar-refractivity contribution is 0.339. The minimum Gasteiger partial charge on any atom is -0.497 e. The van der Waals surface area contributed by atoms with E-state index in [-0.39, 0.29) is 0 Å². The Morgan fingerprint density at radius 1 is 0.719 bits per heavy atom. The van der Waals surface area contributed by atoms with E-state index >= 15 is 0 Å². The van der Waals surface area contributed by atoms with E-state index in [9.17, 15) is 0 Å². The van der Waals surface area contributed by atoms with E-state index in [2.05, 4.69) is 34.5 Å². The normalized spacial score (nSPS) is 10.3. The zero-order valence-electron chi connectivity index (χ0n) is 18.8. The number of thiocarbonyl (C=S) groups is 1. The van der Waals surface area contributed by atoms with E-state index in [4.69, 9.17) is 26.4 Å². The van der Waals surface area contributed by atoms with Gasteiger partial charge >= 0.3 is 0 Å². The Morgan fingerprint density at radius 3 is 1.59 bits per heavy atom. The Bertz CT molecular complexity index is 973. The summed E-state index contributed by atoms with van der Waals surface area (Å²) in [6, 6.07) is 24.0. The number of hydrogen-bond acceptors (Lipinski definition) is 4. The molecule has 3 rings (SSSR count). The van der Waals surface area contributed by atoms with Crippen LogP contribution in [-0.4, -0.2) is 30.3 Å². The van der Waals surface area contributed by atoms with Crippen LogP contribution in [0.3, 0.4) is 0 Å². The molecule has 3 aromatic rings. The third-order valence-electron chi connectivity index (χ3n) is 4.84. The molecule has 0 unspecified atom stereocenters. The average Bonchev–Trinajstić information content (AvgIpc) is 2.82. The van der Waals surface area contributed by atoms with Crippen LogP contribution in [0.5, 0.6) is 17.2 Å². The number of methoxy groups -OCH3 is 1. The molecule has 0 saturated heterocycles. The van der Waals surface area contributed by atoms with E-state index in [0.717, 1.165) is 34.1 Å². The van der Waals surface area contributed by atoms with Gasteiger partial charge in [0.15, 0.2) is 5.11 Å². The maximum Gasteiger partial charge on any atom is 0.174 e. The summed E-state index contributed by atoms with van der Waals surface area (Å²) in [4.78, 5) is 2.14. The van der Waals surface area contributed by atoms with Gasteiger partial charge in [-0.25, -0.2) is 0 Å². The van der Waals surface area contributed by atoms with E-state index in [0.29, 0.717) is 31.4 Å². The first-order valence-electron chi connectivity index (χ1n) is 10.7. The van der Waals surface area contributed by atoms with Crippen molar-refractivity contribution in [3.63, 3.8) is 0 Å². The molecule has 32 heavy (non-hydrogen) atoms. The van der Waals surface area contributed by atoms with Crippen molar-refractivity contribution in [2.24, 2.45) is 0 Å². The highest BCUT2D eigenvalue weighted by Crippen LogP contribution is 2.20. The minimum absolute atomic E-state index is 0.642. The molecule has 0 aliphatic heterocycles. The number of nitrogens with one attached hydrogen (secondary N) is 1. The summed E-state index contributed by atoms with van der Waals surface area (Å²) in [5, 5.41) is 4.01. The largest absolute Gasteiger partial charge is 0.497 e. The van der Waals surface area contributed by atoms with Crippen LogP contribution in [-0.2, 0) is 13.1 Å². The fourth-order valence-electron chi connectivity index (χ4n) is 3.23. The van der Waals surface area contributed by atoms with Crippen LogP contribution in [0.2, 0.25) is 0 Å². The first kappa shape index (κ1) is 23.4. The van der Waals surface area contributed by atoms with Crippen LogP contribution in [0.1, 0.15) is 25.0 Å². The van der Waals surface area contributed by atoms with Gasteiger partial charge in [-0.15, -0.1) is 0 Å². The molecular formula is C26H30N2O3S. The van der Waals surface area contributed by atoms with Crippen molar-refractivity contribution in [2.45, 2.75) is 26.9 Å². The van der Waals surface area contributed by atoms with Crippen molar-refractivity contribution in [3.8, 4) is 17.2 Å². The summed E-state index contributed by atoms with van der Waals surface area (Å²) >= 11 is 5.79. The van der Waals surface area contributed by atoms with E-state index in [1.807, 2.05) is 62.4 Å². The molecule has 0 amide bonds. The van der Waals surface area contributed by atoms with Gasteiger partial charge in [-0.3, -0.25) is 0 Å². The molecule has 0 bridgehead atoms. The number of nitrogens with zero attached hydrogens (tertiary/aromatic N) is 1. The number of hydrogen-bond donors (Lipinski definition) is 1. The van der Waals surface area contributed by atoms with Gasteiger partial charge in [0, 0.05) is 18.8 Å². The Kier molecular flexibility index (Phi) is 8.75. The Morgan fingerprint density at radius 2 is 1.16 bits per heavy atom. The van der Waals surface area contributed by atoms with Gasteiger partial charge in [0.05, 0.1) is 20.3 Å². The lowest BCUT2D eigenvalue weighted by atomic mass is 10.1. The molecular weight excluding hydrogens is 420 g/mol. The lowest BCUT2D eigenvalue weighted by Crippen LogP contribution is -2.33. The fraction of sp³-hybridized carbons (Fsp3) is 0.269. The van der Waals surface area contributed by atoms with Gasteiger partial charge < -0.3 is 24.4 Å². The van der Waals surface area contributed by atoms with E-state index in [1.54, 1.807) is 7.11 Å². The number of ether oxygens (including phenoxy) is 3. The summed E-state index contributed by atoms with van der Waals surface area (Å²) < 4.78 is 16.4. The van der Waals surface area contributed by atoms with Gasteiger partial charge in [-0.1, -0.05) is 24.3 Å². The summed E-state index contributed by atoms with van der Waals surface area (Å²) in [7, 11) is 1.67. The quantitative estimate of drug-likeness (QED) is 0.389. The van der Waals surface area contributed by atoms with Crippen LogP contribution >= 0.6 is 12.2 Å². The Hall–Kier alpha value is -3.25. The van der Waals surface area contributed by atoms with Crippen LogP contribution in [0.4, 0.5) is 5.69 Å². The molecule has 0 atom stereocenters. The molecule has 6 heteroatoms. The van der Waals surface area contributed by atoms with Gasteiger partial charge in [0.2, 0.25) is 0 Å². The molecule has 5 nitrogen and oxygen atoms in total. The molecule has 1 N–H and O–H groups in total. The smallest absolute Gasteiger partial charge is 0.174 e. The molecule has 0 heterocycles. The summed E-state index contributed by atoms with van der Waals surface area (Å²) in [6.07, 6.45) is 0. The highest BCUT2D eigenvalue weighted by Gasteiger charge is 2.13. The Labute approximate surface area is 195 Å². The first-order chi connectivity index (χ1) is 15.6. The third-order valence-corrected chi connectivity index (χ3v) is 5.20. The average molecular weight is 451 g/mol. The molecule has 0 fully saturated rings. The van der Waals surface area contributed by atoms with E-state index < -0.39 is 0 Å². The van der Waals surface area contributed by atoms with Crippen molar-refractivity contribution in [3.05, 3.63) is 83.9 Å². The van der Waals surface area contributed by atoms with Gasteiger partial charge in [-0.05, 0) is 85.7 Å². The van der Waals surface area contributed by atoms with Gasteiger partial charge in [0.1, 0.15) is 17.2 Å². The van der Waals surface area contributed by atoms with Crippen LogP contribution < -0.4 is 19.5 Å². The molecule has 168 valence electrons. The topological polar surface area (TPSA) is 43.0 Å². The molecule has 0 aliphatic rings. The summed E-state index contributed by atoms with van der Waals surface area (Å²) in [5.41, 5.74) is 3.22. The monoisotopic (exact) mass is 450 g/mol. The molecule has 0 radical (unpaired) electrons. The molecule has 0 spiro atoms. The van der Waals surface area contributed by atoms with Crippen molar-refractivity contribution in [1.82, 2.24) is 4.90 Å². The Balaban J connectivity index is 1.75. The van der Waals surface area contributed by atoms with Crippen molar-refractivity contribution in [1.29, 1.82) is 0 Å². The highest BCUT2D eigenvalue weighted by atomic mass is 32.1. The predicted octanol–water partition coefficient (Wildman–Crippen LogP) is 5.89. The number of benzene rings is 3. The molecule has 0 saturated carbocycles. The van der Waals surface area contributed by atoms with Gasteiger partial charge in [0.25, 0.3) is 0 Å². The SMILES string of the molecule is CCOc1ccc(CN(Cc2ccc(OC)cc2)C(=S)Nc2ccc(OCC)cc2)cc1. The minimum atomic E-state index is 0.642. The van der Waals surface area contributed by atoms with Crippen molar-refractivity contribution in [2.75, 3.05) is 25.6 Å².